The third kappa shape index (κ3) is 5.56. The van der Waals surface area contributed by atoms with E-state index in [1.54, 1.807) is 18.3 Å². The average molecular weight is 507 g/mol. The summed E-state index contributed by atoms with van der Waals surface area (Å²) >= 11 is 6.07. The van der Waals surface area contributed by atoms with E-state index in [2.05, 4.69) is 37.3 Å². The first-order valence-electron chi connectivity index (χ1n) is 12.0. The molecule has 1 N–H and O–H groups in total. The van der Waals surface area contributed by atoms with Gasteiger partial charge >= 0.3 is 0 Å². The number of aromatic nitrogens is 3. The SMILES string of the molecule is Cc1nnc(-c2cc(Cl)ccc2F)cc1Nc1ccnc2cc(OCCN3CCN(C)CC3)ccc12. The molecule has 3 heterocycles. The van der Waals surface area contributed by atoms with E-state index >= 15 is 0 Å². The molecule has 2 aromatic carbocycles. The van der Waals surface area contributed by atoms with Gasteiger partial charge in [-0.2, -0.15) is 10.2 Å². The van der Waals surface area contributed by atoms with Gasteiger partial charge in [0.05, 0.1) is 22.6 Å². The summed E-state index contributed by atoms with van der Waals surface area (Å²) in [5.41, 5.74) is 3.79. The molecule has 0 saturated carbocycles. The fourth-order valence-electron chi connectivity index (χ4n) is 4.24. The van der Waals surface area contributed by atoms with E-state index in [0.29, 0.717) is 28.6 Å². The van der Waals surface area contributed by atoms with E-state index in [1.165, 1.54) is 12.1 Å². The van der Waals surface area contributed by atoms with Crippen molar-refractivity contribution in [2.24, 2.45) is 0 Å². The molecular weight excluding hydrogens is 479 g/mol. The number of hydrogen-bond acceptors (Lipinski definition) is 7. The third-order valence-corrected chi connectivity index (χ3v) is 6.67. The highest BCUT2D eigenvalue weighted by molar-refractivity contribution is 6.30. The van der Waals surface area contributed by atoms with Gasteiger partial charge in [-0.25, -0.2) is 4.39 Å². The Hall–Kier alpha value is -3.33. The summed E-state index contributed by atoms with van der Waals surface area (Å²) < 4.78 is 20.4. The number of pyridine rings is 1. The summed E-state index contributed by atoms with van der Waals surface area (Å²) in [6.07, 6.45) is 1.75. The van der Waals surface area contributed by atoms with Gasteiger partial charge in [-0.3, -0.25) is 9.88 Å². The van der Waals surface area contributed by atoms with Gasteiger partial charge in [-0.15, -0.1) is 0 Å². The molecule has 36 heavy (non-hydrogen) atoms. The predicted octanol–water partition coefficient (Wildman–Crippen LogP) is 5.16. The lowest BCUT2D eigenvalue weighted by molar-refractivity contribution is 0.134. The molecule has 0 bridgehead atoms. The maximum absolute atomic E-state index is 14.4. The average Bonchev–Trinajstić information content (AvgIpc) is 2.88. The first-order valence-corrected chi connectivity index (χ1v) is 12.3. The van der Waals surface area contributed by atoms with E-state index in [9.17, 15) is 4.39 Å². The van der Waals surface area contributed by atoms with E-state index < -0.39 is 5.82 Å². The van der Waals surface area contributed by atoms with Crippen LogP contribution in [0.15, 0.2) is 54.7 Å². The summed E-state index contributed by atoms with van der Waals surface area (Å²) in [5, 5.41) is 13.2. The summed E-state index contributed by atoms with van der Waals surface area (Å²) in [4.78, 5) is 9.30. The number of anilines is 2. The largest absolute Gasteiger partial charge is 0.492 e. The lowest BCUT2D eigenvalue weighted by Gasteiger charge is -2.32. The van der Waals surface area contributed by atoms with Crippen LogP contribution in [0.25, 0.3) is 22.2 Å². The second-order valence-electron chi connectivity index (χ2n) is 9.01. The smallest absolute Gasteiger partial charge is 0.132 e. The van der Waals surface area contributed by atoms with Crippen molar-refractivity contribution < 1.29 is 9.13 Å². The van der Waals surface area contributed by atoms with Crippen molar-refractivity contribution in [2.45, 2.75) is 6.92 Å². The molecule has 9 heteroatoms. The molecular formula is C27H28ClFN6O. The summed E-state index contributed by atoms with van der Waals surface area (Å²) in [6.45, 7) is 7.73. The molecule has 5 rings (SSSR count). The number of nitrogens with one attached hydrogen (secondary N) is 1. The van der Waals surface area contributed by atoms with E-state index in [4.69, 9.17) is 16.3 Å². The molecule has 0 amide bonds. The monoisotopic (exact) mass is 506 g/mol. The number of likely N-dealkylation sites (N-methyl/N-ethyl adjacent to an activating group) is 1. The highest BCUT2D eigenvalue weighted by Crippen LogP contribution is 2.31. The minimum absolute atomic E-state index is 0.302. The van der Waals surface area contributed by atoms with Crippen LogP contribution in [-0.4, -0.2) is 71.4 Å². The van der Waals surface area contributed by atoms with Gasteiger partial charge in [0.25, 0.3) is 0 Å². The van der Waals surface area contributed by atoms with Crippen LogP contribution in [-0.2, 0) is 0 Å². The lowest BCUT2D eigenvalue weighted by Crippen LogP contribution is -2.45. The Morgan fingerprint density at radius 2 is 1.83 bits per heavy atom. The Morgan fingerprint density at radius 1 is 1.00 bits per heavy atom. The zero-order valence-corrected chi connectivity index (χ0v) is 21.1. The lowest BCUT2D eigenvalue weighted by atomic mass is 10.1. The minimum Gasteiger partial charge on any atom is -0.492 e. The van der Waals surface area contributed by atoms with Gasteiger partial charge < -0.3 is 15.0 Å². The van der Waals surface area contributed by atoms with Crippen molar-refractivity contribution in [3.63, 3.8) is 0 Å². The van der Waals surface area contributed by atoms with Gasteiger partial charge in [0.1, 0.15) is 18.2 Å². The van der Waals surface area contributed by atoms with Crippen LogP contribution in [0.4, 0.5) is 15.8 Å². The Morgan fingerprint density at radius 3 is 2.67 bits per heavy atom. The fraction of sp³-hybridized carbons (Fsp3) is 0.296. The van der Waals surface area contributed by atoms with Gasteiger partial charge in [-0.1, -0.05) is 11.6 Å². The predicted molar refractivity (Wildman–Crippen MR) is 142 cm³/mol. The Kier molecular flexibility index (Phi) is 7.27. The van der Waals surface area contributed by atoms with Crippen LogP contribution in [0.1, 0.15) is 5.69 Å². The van der Waals surface area contributed by atoms with E-state index in [0.717, 1.165) is 60.8 Å². The number of halogens is 2. The molecule has 186 valence electrons. The zero-order valence-electron chi connectivity index (χ0n) is 20.3. The van der Waals surface area contributed by atoms with Crippen molar-refractivity contribution in [1.29, 1.82) is 0 Å². The Bertz CT molecular complexity index is 1380. The van der Waals surface area contributed by atoms with Gasteiger partial charge in [-0.05, 0) is 56.4 Å². The van der Waals surface area contributed by atoms with E-state index in [1.807, 2.05) is 31.2 Å². The van der Waals surface area contributed by atoms with Crippen LogP contribution < -0.4 is 10.1 Å². The normalized spacial score (nSPS) is 14.8. The van der Waals surface area contributed by atoms with Crippen molar-refractivity contribution in [2.75, 3.05) is 51.7 Å². The molecule has 0 aliphatic carbocycles. The number of hydrogen-bond donors (Lipinski definition) is 1. The van der Waals surface area contributed by atoms with Crippen LogP contribution in [0.3, 0.4) is 0 Å². The highest BCUT2D eigenvalue weighted by Gasteiger charge is 2.14. The quantitative estimate of drug-likeness (QED) is 0.371. The summed E-state index contributed by atoms with van der Waals surface area (Å²) in [7, 11) is 2.16. The van der Waals surface area contributed by atoms with Crippen LogP contribution in [0, 0.1) is 12.7 Å². The molecule has 0 radical (unpaired) electrons. The molecule has 4 aromatic rings. The number of rotatable bonds is 7. The molecule has 2 aromatic heterocycles. The molecule has 1 aliphatic heterocycles. The third-order valence-electron chi connectivity index (χ3n) is 6.44. The molecule has 0 unspecified atom stereocenters. The molecule has 7 nitrogen and oxygen atoms in total. The molecule has 1 saturated heterocycles. The first-order chi connectivity index (χ1) is 17.5. The number of fused-ring (bicyclic) bond motifs is 1. The van der Waals surface area contributed by atoms with E-state index in [-0.39, 0.29) is 0 Å². The maximum atomic E-state index is 14.4. The summed E-state index contributed by atoms with van der Waals surface area (Å²) in [6, 6.07) is 14.0. The molecule has 0 spiro atoms. The van der Waals surface area contributed by atoms with Crippen molar-refractivity contribution >= 4 is 33.9 Å². The summed E-state index contributed by atoms with van der Waals surface area (Å²) in [5.74, 6) is 0.389. The second kappa shape index (κ2) is 10.7. The minimum atomic E-state index is -0.405. The van der Waals surface area contributed by atoms with Crippen molar-refractivity contribution in [3.8, 4) is 17.0 Å². The Balaban J connectivity index is 1.32. The highest BCUT2D eigenvalue weighted by atomic mass is 35.5. The van der Waals surface area contributed by atoms with Gasteiger partial charge in [0.2, 0.25) is 0 Å². The number of benzene rings is 2. The standard InChI is InChI=1S/C27H28ClFN6O/c1-18-25(17-27(33-32-18)22-15-19(28)3-6-23(22)29)31-24-7-8-30-26-16-20(4-5-21(24)26)36-14-13-35-11-9-34(2)10-12-35/h3-8,15-17H,9-14H2,1-2H3,(H,30,31,33). The van der Waals surface area contributed by atoms with Gasteiger partial charge in [0, 0.05) is 66.6 Å². The van der Waals surface area contributed by atoms with Crippen LogP contribution in [0.5, 0.6) is 5.75 Å². The van der Waals surface area contributed by atoms with Crippen LogP contribution in [0.2, 0.25) is 5.02 Å². The van der Waals surface area contributed by atoms with Gasteiger partial charge in [0.15, 0.2) is 0 Å². The number of nitrogens with zero attached hydrogens (tertiary/aromatic N) is 5. The molecule has 1 fully saturated rings. The van der Waals surface area contributed by atoms with Crippen molar-refractivity contribution in [3.05, 3.63) is 71.3 Å². The number of aryl methyl sites for hydroxylation is 1. The first kappa shape index (κ1) is 24.4. The topological polar surface area (TPSA) is 66.4 Å². The zero-order chi connectivity index (χ0) is 25.1. The second-order valence-corrected chi connectivity index (χ2v) is 9.45. The molecule has 1 aliphatic rings. The Labute approximate surface area is 214 Å². The van der Waals surface area contributed by atoms with Crippen molar-refractivity contribution in [1.82, 2.24) is 25.0 Å². The number of piperazine rings is 1. The molecule has 0 atom stereocenters. The maximum Gasteiger partial charge on any atom is 0.132 e. The fourth-order valence-corrected chi connectivity index (χ4v) is 4.41. The van der Waals surface area contributed by atoms with Crippen LogP contribution >= 0.6 is 11.6 Å². The number of ether oxygens (including phenoxy) is 1.